The summed E-state index contributed by atoms with van der Waals surface area (Å²) in [5.41, 5.74) is 2.43. The highest BCUT2D eigenvalue weighted by atomic mass is 16.2. The van der Waals surface area contributed by atoms with Crippen LogP contribution in [0.3, 0.4) is 0 Å². The van der Waals surface area contributed by atoms with Crippen molar-refractivity contribution in [2.45, 2.75) is 45.4 Å². The standard InChI is InChI=1S/C20H31N3O/c1-17-10-15-23(16-11-17)20(24)9-12-21-18-5-7-19(8-6-18)22-13-3-2-4-14-22/h5-8,17,21H,2-4,9-16H2,1H3. The largest absolute Gasteiger partial charge is 0.385 e. The minimum absolute atomic E-state index is 0.291. The number of hydrogen-bond donors (Lipinski definition) is 1. The molecule has 0 saturated carbocycles. The third-order valence-electron chi connectivity index (χ3n) is 5.39. The fraction of sp³-hybridized carbons (Fsp3) is 0.650. The van der Waals surface area contributed by atoms with Gasteiger partial charge in [-0.3, -0.25) is 4.79 Å². The van der Waals surface area contributed by atoms with Gasteiger partial charge in [-0.05, 0) is 62.3 Å². The van der Waals surface area contributed by atoms with Gasteiger partial charge in [0.2, 0.25) is 5.91 Å². The minimum Gasteiger partial charge on any atom is -0.385 e. The molecule has 3 rings (SSSR count). The Morgan fingerprint density at radius 2 is 1.71 bits per heavy atom. The quantitative estimate of drug-likeness (QED) is 0.894. The van der Waals surface area contributed by atoms with E-state index in [1.54, 1.807) is 0 Å². The molecule has 0 atom stereocenters. The number of carbonyl (C=O) groups is 1. The molecule has 0 bridgehead atoms. The molecule has 24 heavy (non-hydrogen) atoms. The van der Waals surface area contributed by atoms with Crippen LogP contribution < -0.4 is 10.2 Å². The first-order valence-corrected chi connectivity index (χ1v) is 9.59. The summed E-state index contributed by atoms with van der Waals surface area (Å²) in [7, 11) is 0. The van der Waals surface area contributed by atoms with Gasteiger partial charge < -0.3 is 15.1 Å². The summed E-state index contributed by atoms with van der Waals surface area (Å²) in [6, 6.07) is 8.66. The Morgan fingerprint density at radius 3 is 2.38 bits per heavy atom. The zero-order valence-corrected chi connectivity index (χ0v) is 15.0. The van der Waals surface area contributed by atoms with E-state index >= 15 is 0 Å². The Hall–Kier alpha value is -1.71. The van der Waals surface area contributed by atoms with E-state index in [1.807, 2.05) is 4.90 Å². The van der Waals surface area contributed by atoms with E-state index in [2.05, 4.69) is 41.4 Å². The molecule has 0 radical (unpaired) electrons. The molecule has 2 saturated heterocycles. The second-order valence-corrected chi connectivity index (χ2v) is 7.33. The van der Waals surface area contributed by atoms with Crippen molar-refractivity contribution in [3.63, 3.8) is 0 Å². The molecule has 4 nitrogen and oxygen atoms in total. The van der Waals surface area contributed by atoms with Crippen LogP contribution in [0.25, 0.3) is 0 Å². The zero-order valence-electron chi connectivity index (χ0n) is 15.0. The normalized spacial score (nSPS) is 19.4. The molecular weight excluding hydrogens is 298 g/mol. The van der Waals surface area contributed by atoms with Gasteiger partial charge in [0.15, 0.2) is 0 Å². The molecule has 2 aliphatic heterocycles. The van der Waals surface area contributed by atoms with Gasteiger partial charge in [-0.1, -0.05) is 6.92 Å². The molecule has 1 aromatic carbocycles. The molecule has 2 heterocycles. The summed E-state index contributed by atoms with van der Waals surface area (Å²) < 4.78 is 0. The van der Waals surface area contributed by atoms with E-state index in [-0.39, 0.29) is 0 Å². The van der Waals surface area contributed by atoms with Crippen molar-refractivity contribution >= 4 is 17.3 Å². The molecule has 132 valence electrons. The molecule has 0 unspecified atom stereocenters. The van der Waals surface area contributed by atoms with Crippen LogP contribution in [-0.4, -0.2) is 43.5 Å². The van der Waals surface area contributed by atoms with Crippen LogP contribution in [0.1, 0.15) is 45.4 Å². The Labute approximate surface area is 146 Å². The fourth-order valence-corrected chi connectivity index (χ4v) is 3.67. The fourth-order valence-electron chi connectivity index (χ4n) is 3.67. The highest BCUT2D eigenvalue weighted by molar-refractivity contribution is 5.76. The molecule has 1 aromatic rings. The topological polar surface area (TPSA) is 35.6 Å². The van der Waals surface area contributed by atoms with Crippen LogP contribution in [-0.2, 0) is 4.79 Å². The maximum absolute atomic E-state index is 12.2. The van der Waals surface area contributed by atoms with Gasteiger partial charge in [0.05, 0.1) is 0 Å². The average Bonchev–Trinajstić information content (AvgIpc) is 2.63. The molecule has 4 heteroatoms. The number of likely N-dealkylation sites (tertiary alicyclic amines) is 1. The van der Waals surface area contributed by atoms with Crippen molar-refractivity contribution in [2.24, 2.45) is 5.92 Å². The SMILES string of the molecule is CC1CCN(C(=O)CCNc2ccc(N3CCCCC3)cc2)CC1. The maximum Gasteiger partial charge on any atom is 0.224 e. The Balaban J connectivity index is 1.41. The van der Waals surface area contributed by atoms with Crippen molar-refractivity contribution in [3.05, 3.63) is 24.3 Å². The molecule has 2 aliphatic rings. The third-order valence-corrected chi connectivity index (χ3v) is 5.39. The van der Waals surface area contributed by atoms with Crippen molar-refractivity contribution < 1.29 is 4.79 Å². The van der Waals surface area contributed by atoms with Crippen LogP contribution in [0.2, 0.25) is 0 Å². The number of hydrogen-bond acceptors (Lipinski definition) is 3. The van der Waals surface area contributed by atoms with Gasteiger partial charge >= 0.3 is 0 Å². The number of piperidine rings is 2. The lowest BCUT2D eigenvalue weighted by atomic mass is 9.99. The second kappa shape index (κ2) is 8.41. The Kier molecular flexibility index (Phi) is 6.00. The smallest absolute Gasteiger partial charge is 0.224 e. The van der Waals surface area contributed by atoms with Crippen LogP contribution in [0.15, 0.2) is 24.3 Å². The first kappa shape index (κ1) is 17.1. The van der Waals surface area contributed by atoms with Gasteiger partial charge in [0, 0.05) is 50.5 Å². The average molecular weight is 329 g/mol. The van der Waals surface area contributed by atoms with Gasteiger partial charge in [0.1, 0.15) is 0 Å². The Bertz CT molecular complexity index is 514. The van der Waals surface area contributed by atoms with Crippen LogP contribution >= 0.6 is 0 Å². The van der Waals surface area contributed by atoms with Crippen LogP contribution in [0.5, 0.6) is 0 Å². The molecule has 0 aliphatic carbocycles. The lowest BCUT2D eigenvalue weighted by Gasteiger charge is -2.30. The van der Waals surface area contributed by atoms with Crippen LogP contribution in [0, 0.1) is 5.92 Å². The first-order valence-electron chi connectivity index (χ1n) is 9.59. The summed E-state index contributed by atoms with van der Waals surface area (Å²) in [5.74, 6) is 1.06. The zero-order chi connectivity index (χ0) is 16.8. The van der Waals surface area contributed by atoms with E-state index in [1.165, 1.54) is 38.0 Å². The van der Waals surface area contributed by atoms with E-state index in [0.29, 0.717) is 18.9 Å². The number of nitrogens with zero attached hydrogens (tertiary/aromatic N) is 2. The van der Waals surface area contributed by atoms with Gasteiger partial charge in [-0.15, -0.1) is 0 Å². The lowest BCUT2D eigenvalue weighted by Crippen LogP contribution is -2.38. The summed E-state index contributed by atoms with van der Waals surface area (Å²) in [6.07, 6.45) is 6.85. The number of anilines is 2. The monoisotopic (exact) mass is 329 g/mol. The summed E-state index contributed by atoms with van der Waals surface area (Å²) in [4.78, 5) is 16.7. The number of carbonyl (C=O) groups excluding carboxylic acids is 1. The summed E-state index contributed by atoms with van der Waals surface area (Å²) in [6.45, 7) is 7.21. The van der Waals surface area contributed by atoms with E-state index < -0.39 is 0 Å². The van der Waals surface area contributed by atoms with Crippen molar-refractivity contribution in [3.8, 4) is 0 Å². The number of rotatable bonds is 5. The van der Waals surface area contributed by atoms with Crippen molar-refractivity contribution in [1.29, 1.82) is 0 Å². The predicted molar refractivity (Wildman–Crippen MR) is 101 cm³/mol. The highest BCUT2D eigenvalue weighted by Crippen LogP contribution is 2.22. The molecular formula is C20H31N3O. The first-order chi connectivity index (χ1) is 11.7. The molecule has 1 amide bonds. The van der Waals surface area contributed by atoms with Crippen molar-refractivity contribution in [2.75, 3.05) is 42.9 Å². The highest BCUT2D eigenvalue weighted by Gasteiger charge is 2.19. The predicted octanol–water partition coefficient (Wildman–Crippen LogP) is 3.74. The summed E-state index contributed by atoms with van der Waals surface area (Å²) in [5, 5.41) is 3.39. The molecule has 1 N–H and O–H groups in total. The van der Waals surface area contributed by atoms with E-state index in [0.717, 1.165) is 37.5 Å². The third kappa shape index (κ3) is 4.65. The van der Waals surface area contributed by atoms with Gasteiger partial charge in [0.25, 0.3) is 0 Å². The number of benzene rings is 1. The van der Waals surface area contributed by atoms with Gasteiger partial charge in [-0.2, -0.15) is 0 Å². The summed E-state index contributed by atoms with van der Waals surface area (Å²) >= 11 is 0. The lowest BCUT2D eigenvalue weighted by molar-refractivity contribution is -0.132. The van der Waals surface area contributed by atoms with Gasteiger partial charge in [-0.25, -0.2) is 0 Å². The molecule has 0 aromatic heterocycles. The maximum atomic E-state index is 12.2. The van der Waals surface area contributed by atoms with Crippen molar-refractivity contribution in [1.82, 2.24) is 4.90 Å². The Morgan fingerprint density at radius 1 is 1.04 bits per heavy atom. The molecule has 2 fully saturated rings. The van der Waals surface area contributed by atoms with E-state index in [9.17, 15) is 4.79 Å². The minimum atomic E-state index is 0.291. The van der Waals surface area contributed by atoms with Crippen LogP contribution in [0.4, 0.5) is 11.4 Å². The second-order valence-electron chi connectivity index (χ2n) is 7.33. The molecule has 0 spiro atoms. The van der Waals surface area contributed by atoms with E-state index in [4.69, 9.17) is 0 Å². The number of nitrogens with one attached hydrogen (secondary N) is 1. The number of amides is 1.